The summed E-state index contributed by atoms with van der Waals surface area (Å²) in [5, 5.41) is 11.8. The van der Waals surface area contributed by atoms with Crippen LogP contribution in [0.1, 0.15) is 46.5 Å². The Morgan fingerprint density at radius 3 is 2.71 bits per heavy atom. The molecule has 3 atom stereocenters. The Hall–Kier alpha value is -3.60. The van der Waals surface area contributed by atoms with Crippen LogP contribution in [-0.4, -0.2) is 15.4 Å². The zero-order valence-electron chi connectivity index (χ0n) is 17.5. The van der Waals surface area contributed by atoms with Crippen LogP contribution in [0.3, 0.4) is 0 Å². The lowest BCUT2D eigenvalue weighted by Gasteiger charge is -2.44. The quantitative estimate of drug-likeness (QED) is 0.332. The molecule has 4 N–H and O–H groups in total. The molecule has 0 saturated carbocycles. The molecule has 4 aromatic rings. The zero-order valence-corrected chi connectivity index (χ0v) is 17.5. The van der Waals surface area contributed by atoms with Crippen LogP contribution in [0, 0.1) is 11.3 Å². The Morgan fingerprint density at radius 1 is 1.06 bits per heavy atom. The van der Waals surface area contributed by atoms with Crippen molar-refractivity contribution in [2.75, 3.05) is 5.32 Å². The SMILES string of the molecule is Cn1c(C2Nc3ccc(C(=N)N)cc3C3c4ccccc4CCC23)nc2ccccc21. The molecule has 1 aliphatic heterocycles. The molecule has 6 rings (SSSR count). The first kappa shape index (κ1) is 18.2. The van der Waals surface area contributed by atoms with E-state index in [2.05, 4.69) is 71.5 Å². The van der Waals surface area contributed by atoms with Gasteiger partial charge in [-0.05, 0) is 65.8 Å². The molecule has 5 heteroatoms. The van der Waals surface area contributed by atoms with Gasteiger partial charge in [-0.1, -0.05) is 36.4 Å². The molecular weight excluding hydrogens is 382 g/mol. The number of nitrogens with two attached hydrogens (primary N) is 1. The highest BCUT2D eigenvalue weighted by Crippen LogP contribution is 2.52. The highest BCUT2D eigenvalue weighted by molar-refractivity contribution is 5.95. The second-order valence-corrected chi connectivity index (χ2v) is 8.73. The standard InChI is InChI=1S/C26H25N5/c1-31-22-9-5-4-8-21(22)30-26(31)24-18-12-10-15-6-2-3-7-17(15)23(18)19-14-16(25(27)28)11-13-20(19)29-24/h2-9,11,13-14,18,23-24,29H,10,12H2,1H3,(H3,27,28). The minimum absolute atomic E-state index is 0.112. The average Bonchev–Trinajstić information content (AvgIpc) is 3.14. The smallest absolute Gasteiger partial charge is 0.132 e. The molecule has 2 heterocycles. The molecule has 0 spiro atoms. The number of imidazole rings is 1. The number of rotatable bonds is 2. The van der Waals surface area contributed by atoms with Gasteiger partial charge in [0.1, 0.15) is 11.7 Å². The number of benzene rings is 3. The van der Waals surface area contributed by atoms with E-state index in [-0.39, 0.29) is 17.8 Å². The fourth-order valence-corrected chi connectivity index (χ4v) is 5.63. The van der Waals surface area contributed by atoms with Crippen LogP contribution < -0.4 is 11.1 Å². The van der Waals surface area contributed by atoms with Gasteiger partial charge in [-0.15, -0.1) is 0 Å². The monoisotopic (exact) mass is 407 g/mol. The molecular formula is C26H25N5. The van der Waals surface area contributed by atoms with Crippen LogP contribution >= 0.6 is 0 Å². The third-order valence-corrected chi connectivity index (χ3v) is 7.10. The van der Waals surface area contributed by atoms with Gasteiger partial charge in [-0.3, -0.25) is 5.41 Å². The summed E-state index contributed by atoms with van der Waals surface area (Å²) < 4.78 is 2.24. The number of fused-ring (bicyclic) bond motifs is 6. The van der Waals surface area contributed by atoms with Crippen LogP contribution in [0.15, 0.2) is 66.7 Å². The van der Waals surface area contributed by atoms with E-state index in [1.165, 1.54) is 16.7 Å². The van der Waals surface area contributed by atoms with E-state index in [1.54, 1.807) is 0 Å². The van der Waals surface area contributed by atoms with E-state index in [9.17, 15) is 0 Å². The van der Waals surface area contributed by atoms with Crippen LogP contribution in [-0.2, 0) is 13.5 Å². The van der Waals surface area contributed by atoms with Crippen LogP contribution in [0.4, 0.5) is 5.69 Å². The van der Waals surface area contributed by atoms with Crippen molar-refractivity contribution in [1.82, 2.24) is 9.55 Å². The van der Waals surface area contributed by atoms with Crippen LogP contribution in [0.25, 0.3) is 11.0 Å². The number of amidine groups is 1. The highest BCUT2D eigenvalue weighted by Gasteiger charge is 2.42. The van der Waals surface area contributed by atoms with E-state index >= 15 is 0 Å². The van der Waals surface area contributed by atoms with Crippen molar-refractivity contribution in [2.45, 2.75) is 24.8 Å². The van der Waals surface area contributed by atoms with Crippen LogP contribution in [0.5, 0.6) is 0 Å². The molecule has 1 aliphatic carbocycles. The summed E-state index contributed by atoms with van der Waals surface area (Å²) >= 11 is 0. The maximum atomic E-state index is 7.94. The van der Waals surface area contributed by atoms with Gasteiger partial charge in [-0.25, -0.2) is 4.98 Å². The number of hydrogen-bond acceptors (Lipinski definition) is 3. The first-order chi connectivity index (χ1) is 15.1. The van der Waals surface area contributed by atoms with Gasteiger partial charge in [-0.2, -0.15) is 0 Å². The second-order valence-electron chi connectivity index (χ2n) is 8.73. The molecule has 0 bridgehead atoms. The van der Waals surface area contributed by atoms with Gasteiger partial charge in [0.25, 0.3) is 0 Å². The number of aryl methyl sites for hydroxylation is 2. The topological polar surface area (TPSA) is 79.7 Å². The largest absolute Gasteiger partial charge is 0.384 e. The predicted molar refractivity (Wildman–Crippen MR) is 125 cm³/mol. The zero-order chi connectivity index (χ0) is 21.1. The highest BCUT2D eigenvalue weighted by atomic mass is 15.1. The minimum atomic E-state index is 0.112. The fraction of sp³-hybridized carbons (Fsp3) is 0.231. The van der Waals surface area contributed by atoms with E-state index in [0.717, 1.165) is 41.0 Å². The molecule has 0 fully saturated rings. The number of hydrogen-bond donors (Lipinski definition) is 3. The molecule has 5 nitrogen and oxygen atoms in total. The molecule has 0 saturated heterocycles. The van der Waals surface area contributed by atoms with Gasteiger partial charge in [0.15, 0.2) is 0 Å². The minimum Gasteiger partial charge on any atom is -0.384 e. The Kier molecular flexibility index (Phi) is 3.93. The fourth-order valence-electron chi connectivity index (χ4n) is 5.63. The molecule has 154 valence electrons. The number of nitrogens with one attached hydrogen (secondary N) is 2. The Labute approximate surface area is 181 Å². The van der Waals surface area contributed by atoms with Crippen molar-refractivity contribution in [3.8, 4) is 0 Å². The summed E-state index contributed by atoms with van der Waals surface area (Å²) in [5.41, 5.74) is 14.0. The van der Waals surface area contributed by atoms with E-state index in [4.69, 9.17) is 16.1 Å². The van der Waals surface area contributed by atoms with Gasteiger partial charge in [0.2, 0.25) is 0 Å². The normalized spacial score (nSPS) is 21.6. The summed E-state index contributed by atoms with van der Waals surface area (Å²) in [4.78, 5) is 5.05. The lowest BCUT2D eigenvalue weighted by atomic mass is 9.66. The van der Waals surface area contributed by atoms with E-state index < -0.39 is 0 Å². The second kappa shape index (κ2) is 6.71. The van der Waals surface area contributed by atoms with Gasteiger partial charge < -0.3 is 15.6 Å². The summed E-state index contributed by atoms with van der Waals surface area (Å²) in [6.45, 7) is 0. The lowest BCUT2D eigenvalue weighted by Crippen LogP contribution is -2.37. The van der Waals surface area contributed by atoms with Gasteiger partial charge >= 0.3 is 0 Å². The Bertz CT molecular complexity index is 1330. The molecule has 1 aromatic heterocycles. The van der Waals surface area contributed by atoms with E-state index in [1.807, 2.05) is 12.1 Å². The van der Waals surface area contributed by atoms with Crippen molar-refractivity contribution >= 4 is 22.6 Å². The summed E-state index contributed by atoms with van der Waals surface area (Å²) in [6.07, 6.45) is 2.16. The number of nitrogens with zero attached hydrogens (tertiary/aromatic N) is 2. The van der Waals surface area contributed by atoms with E-state index in [0.29, 0.717) is 5.92 Å². The molecule has 2 aliphatic rings. The first-order valence-electron chi connectivity index (χ1n) is 10.9. The van der Waals surface area contributed by atoms with Crippen molar-refractivity contribution < 1.29 is 0 Å². The predicted octanol–water partition coefficient (Wildman–Crippen LogP) is 4.72. The molecule has 0 amide bonds. The summed E-state index contributed by atoms with van der Waals surface area (Å²) in [7, 11) is 2.12. The Balaban J connectivity index is 1.56. The third kappa shape index (κ3) is 2.69. The van der Waals surface area contributed by atoms with Crippen LogP contribution in [0.2, 0.25) is 0 Å². The maximum Gasteiger partial charge on any atom is 0.132 e. The first-order valence-corrected chi connectivity index (χ1v) is 10.9. The molecule has 0 radical (unpaired) electrons. The molecule has 3 aromatic carbocycles. The average molecular weight is 408 g/mol. The lowest BCUT2D eigenvalue weighted by molar-refractivity contribution is 0.336. The van der Waals surface area contributed by atoms with Crippen molar-refractivity contribution in [3.63, 3.8) is 0 Å². The molecule has 3 unspecified atom stereocenters. The number of anilines is 1. The third-order valence-electron chi connectivity index (χ3n) is 7.10. The maximum absolute atomic E-state index is 7.94. The molecule has 31 heavy (non-hydrogen) atoms. The Morgan fingerprint density at radius 2 is 1.87 bits per heavy atom. The number of para-hydroxylation sites is 2. The van der Waals surface area contributed by atoms with Crippen molar-refractivity contribution in [3.05, 3.63) is 94.8 Å². The number of aromatic nitrogens is 2. The van der Waals surface area contributed by atoms with Crippen molar-refractivity contribution in [1.29, 1.82) is 5.41 Å². The van der Waals surface area contributed by atoms with Crippen molar-refractivity contribution in [2.24, 2.45) is 18.7 Å². The summed E-state index contributed by atoms with van der Waals surface area (Å²) in [5.74, 6) is 1.82. The van der Waals surface area contributed by atoms with Gasteiger partial charge in [0.05, 0.1) is 17.1 Å². The number of nitrogen functional groups attached to an aromatic ring is 1. The summed E-state index contributed by atoms with van der Waals surface area (Å²) in [6, 6.07) is 23.4. The van der Waals surface area contributed by atoms with Gasteiger partial charge in [0, 0.05) is 24.2 Å².